The standard InChI is InChI=1S/C25H22N4O/c1-3-17(2)30-20-10-8-18(9-11-20)19-13-15-29-24(16-19)27-28-25(29)22-12-14-26-23-7-5-4-6-21(22)23/h4-17H,3H2,1-2H3. The summed E-state index contributed by atoms with van der Waals surface area (Å²) >= 11 is 0. The van der Waals surface area contributed by atoms with Crippen LogP contribution in [0.1, 0.15) is 20.3 Å². The van der Waals surface area contributed by atoms with E-state index in [0.29, 0.717) is 0 Å². The normalized spacial score (nSPS) is 12.3. The lowest BCUT2D eigenvalue weighted by Crippen LogP contribution is -2.09. The fraction of sp³-hybridized carbons (Fsp3) is 0.160. The van der Waals surface area contributed by atoms with Gasteiger partial charge in [-0.05, 0) is 60.9 Å². The van der Waals surface area contributed by atoms with Crippen molar-refractivity contribution in [2.75, 3.05) is 0 Å². The zero-order chi connectivity index (χ0) is 20.5. The molecule has 30 heavy (non-hydrogen) atoms. The van der Waals surface area contributed by atoms with Gasteiger partial charge in [-0.3, -0.25) is 9.38 Å². The van der Waals surface area contributed by atoms with Crippen LogP contribution in [0.2, 0.25) is 0 Å². The van der Waals surface area contributed by atoms with Gasteiger partial charge in [0.15, 0.2) is 11.5 Å². The molecule has 5 nitrogen and oxygen atoms in total. The van der Waals surface area contributed by atoms with E-state index in [1.54, 1.807) is 0 Å². The Morgan fingerprint density at radius 2 is 1.77 bits per heavy atom. The van der Waals surface area contributed by atoms with E-state index in [2.05, 4.69) is 59.4 Å². The number of pyridine rings is 2. The highest BCUT2D eigenvalue weighted by Gasteiger charge is 2.12. The van der Waals surface area contributed by atoms with Gasteiger partial charge in [0.2, 0.25) is 0 Å². The molecule has 0 radical (unpaired) electrons. The molecule has 0 aliphatic carbocycles. The van der Waals surface area contributed by atoms with Crippen LogP contribution in [0.25, 0.3) is 39.1 Å². The molecule has 3 aromatic heterocycles. The van der Waals surface area contributed by atoms with Crippen molar-refractivity contribution in [2.45, 2.75) is 26.4 Å². The van der Waals surface area contributed by atoms with Crippen molar-refractivity contribution in [1.29, 1.82) is 0 Å². The number of rotatable bonds is 5. The predicted octanol–water partition coefficient (Wildman–Crippen LogP) is 5.79. The first kappa shape index (κ1) is 18.3. The van der Waals surface area contributed by atoms with E-state index in [-0.39, 0.29) is 6.10 Å². The van der Waals surface area contributed by atoms with Crippen LogP contribution in [-0.4, -0.2) is 25.7 Å². The van der Waals surface area contributed by atoms with Gasteiger partial charge in [-0.1, -0.05) is 37.3 Å². The van der Waals surface area contributed by atoms with Gasteiger partial charge in [0.1, 0.15) is 5.75 Å². The second kappa shape index (κ2) is 7.59. The van der Waals surface area contributed by atoms with Gasteiger partial charge in [-0.25, -0.2) is 0 Å². The van der Waals surface area contributed by atoms with E-state index in [1.165, 1.54) is 0 Å². The minimum Gasteiger partial charge on any atom is -0.491 e. The van der Waals surface area contributed by atoms with E-state index in [1.807, 2.05) is 53.2 Å². The molecule has 0 saturated carbocycles. The number of hydrogen-bond donors (Lipinski definition) is 0. The molecule has 0 bridgehead atoms. The SMILES string of the molecule is CCC(C)Oc1ccc(-c2ccn3c(-c4ccnc5ccccc45)nnc3c2)cc1. The van der Waals surface area contributed by atoms with Crippen LogP contribution in [0.15, 0.2) is 79.1 Å². The molecule has 0 amide bonds. The molecule has 5 heteroatoms. The van der Waals surface area contributed by atoms with Gasteiger partial charge in [-0.2, -0.15) is 0 Å². The Kier molecular flexibility index (Phi) is 4.64. The summed E-state index contributed by atoms with van der Waals surface area (Å²) in [6.45, 7) is 4.20. The first-order chi connectivity index (χ1) is 14.7. The van der Waals surface area contributed by atoms with Crippen molar-refractivity contribution in [1.82, 2.24) is 19.6 Å². The molecular weight excluding hydrogens is 372 g/mol. The van der Waals surface area contributed by atoms with E-state index in [0.717, 1.165) is 51.2 Å². The number of benzene rings is 2. The van der Waals surface area contributed by atoms with E-state index in [4.69, 9.17) is 4.74 Å². The van der Waals surface area contributed by atoms with Crippen molar-refractivity contribution >= 4 is 16.6 Å². The second-order valence-corrected chi connectivity index (χ2v) is 7.40. The fourth-order valence-electron chi connectivity index (χ4n) is 3.59. The highest BCUT2D eigenvalue weighted by atomic mass is 16.5. The number of hydrogen-bond acceptors (Lipinski definition) is 4. The van der Waals surface area contributed by atoms with Gasteiger partial charge in [0, 0.05) is 23.3 Å². The van der Waals surface area contributed by atoms with Gasteiger partial charge >= 0.3 is 0 Å². The first-order valence-electron chi connectivity index (χ1n) is 10.2. The Morgan fingerprint density at radius 1 is 0.933 bits per heavy atom. The van der Waals surface area contributed by atoms with Crippen molar-refractivity contribution in [3.63, 3.8) is 0 Å². The quantitative estimate of drug-likeness (QED) is 0.379. The Morgan fingerprint density at radius 3 is 2.60 bits per heavy atom. The molecule has 1 atom stereocenters. The van der Waals surface area contributed by atoms with Crippen molar-refractivity contribution in [3.05, 3.63) is 79.1 Å². The molecule has 5 aromatic rings. The van der Waals surface area contributed by atoms with Crippen molar-refractivity contribution < 1.29 is 4.74 Å². The van der Waals surface area contributed by atoms with Crippen molar-refractivity contribution in [3.8, 4) is 28.3 Å². The molecule has 1 unspecified atom stereocenters. The number of fused-ring (bicyclic) bond motifs is 2. The lowest BCUT2D eigenvalue weighted by molar-refractivity contribution is 0.217. The summed E-state index contributed by atoms with van der Waals surface area (Å²) in [6.07, 6.45) is 5.04. The van der Waals surface area contributed by atoms with Crippen LogP contribution in [0.5, 0.6) is 5.75 Å². The highest BCUT2D eigenvalue weighted by Crippen LogP contribution is 2.29. The zero-order valence-corrected chi connectivity index (χ0v) is 17.0. The lowest BCUT2D eigenvalue weighted by Gasteiger charge is -2.13. The van der Waals surface area contributed by atoms with Crippen LogP contribution in [0.3, 0.4) is 0 Å². The third-order valence-electron chi connectivity index (χ3n) is 5.40. The molecule has 0 N–H and O–H groups in total. The summed E-state index contributed by atoms with van der Waals surface area (Å²) < 4.78 is 7.90. The second-order valence-electron chi connectivity index (χ2n) is 7.40. The fourth-order valence-corrected chi connectivity index (χ4v) is 3.59. The topological polar surface area (TPSA) is 52.3 Å². The minimum absolute atomic E-state index is 0.214. The third-order valence-corrected chi connectivity index (χ3v) is 5.40. The first-order valence-corrected chi connectivity index (χ1v) is 10.2. The average molecular weight is 394 g/mol. The Hall–Kier alpha value is -3.73. The monoisotopic (exact) mass is 394 g/mol. The lowest BCUT2D eigenvalue weighted by atomic mass is 10.1. The summed E-state index contributed by atoms with van der Waals surface area (Å²) in [5, 5.41) is 9.96. The van der Waals surface area contributed by atoms with Crippen LogP contribution in [0.4, 0.5) is 0 Å². The summed E-state index contributed by atoms with van der Waals surface area (Å²) in [5.74, 6) is 1.70. The zero-order valence-electron chi connectivity index (χ0n) is 17.0. The molecule has 3 heterocycles. The highest BCUT2D eigenvalue weighted by molar-refractivity contribution is 5.92. The molecule has 5 rings (SSSR count). The molecule has 2 aromatic carbocycles. The average Bonchev–Trinajstić information content (AvgIpc) is 3.22. The number of nitrogens with zero attached hydrogens (tertiary/aromatic N) is 4. The van der Waals surface area contributed by atoms with E-state index >= 15 is 0 Å². The molecule has 148 valence electrons. The third kappa shape index (κ3) is 3.28. The summed E-state index contributed by atoms with van der Waals surface area (Å²) in [4.78, 5) is 4.45. The van der Waals surface area contributed by atoms with E-state index < -0.39 is 0 Å². The maximum Gasteiger partial charge on any atom is 0.169 e. The maximum absolute atomic E-state index is 5.88. The Balaban J connectivity index is 1.51. The molecule has 0 aliphatic rings. The summed E-state index contributed by atoms with van der Waals surface area (Å²) in [5.41, 5.74) is 4.99. The maximum atomic E-state index is 5.88. The smallest absolute Gasteiger partial charge is 0.169 e. The Labute approximate surface area is 175 Å². The molecular formula is C25H22N4O. The molecule has 0 saturated heterocycles. The number of ether oxygens (including phenoxy) is 1. The molecule has 0 spiro atoms. The van der Waals surface area contributed by atoms with Crippen LogP contribution < -0.4 is 4.74 Å². The van der Waals surface area contributed by atoms with Gasteiger partial charge in [-0.15, -0.1) is 10.2 Å². The largest absolute Gasteiger partial charge is 0.491 e. The molecule has 0 fully saturated rings. The number of para-hydroxylation sites is 1. The minimum atomic E-state index is 0.214. The van der Waals surface area contributed by atoms with Gasteiger partial charge < -0.3 is 4.74 Å². The van der Waals surface area contributed by atoms with Crippen LogP contribution >= 0.6 is 0 Å². The van der Waals surface area contributed by atoms with Crippen molar-refractivity contribution in [2.24, 2.45) is 0 Å². The summed E-state index contributed by atoms with van der Waals surface area (Å²) in [7, 11) is 0. The predicted molar refractivity (Wildman–Crippen MR) is 120 cm³/mol. The number of aromatic nitrogens is 4. The van der Waals surface area contributed by atoms with Crippen LogP contribution in [-0.2, 0) is 0 Å². The van der Waals surface area contributed by atoms with E-state index in [9.17, 15) is 0 Å². The van der Waals surface area contributed by atoms with Gasteiger partial charge in [0.05, 0.1) is 11.6 Å². The molecule has 0 aliphatic heterocycles. The summed E-state index contributed by atoms with van der Waals surface area (Å²) in [6, 6.07) is 22.4. The van der Waals surface area contributed by atoms with Gasteiger partial charge in [0.25, 0.3) is 0 Å². The Bertz CT molecular complexity index is 1320. The van der Waals surface area contributed by atoms with Crippen LogP contribution in [0, 0.1) is 0 Å².